The Morgan fingerprint density at radius 1 is 0.375 bits per heavy atom. The highest BCUT2D eigenvalue weighted by molar-refractivity contribution is 6.15. The van der Waals surface area contributed by atoms with E-state index in [0.717, 1.165) is 66.8 Å². The molecule has 12 aromatic rings. The van der Waals surface area contributed by atoms with Crippen LogP contribution in [0.5, 0.6) is 11.5 Å². The molecular formula is C58H35N5O. The van der Waals surface area contributed by atoms with Crippen LogP contribution in [0.25, 0.3) is 89.2 Å². The molecule has 298 valence electrons. The van der Waals surface area contributed by atoms with Gasteiger partial charge in [0.2, 0.25) is 0 Å². The summed E-state index contributed by atoms with van der Waals surface area (Å²) >= 11 is 0. The Balaban J connectivity index is 1.03. The minimum atomic E-state index is -0.673. The molecule has 2 aliphatic rings. The molecule has 0 amide bonds. The van der Waals surface area contributed by atoms with Gasteiger partial charge in [0.05, 0.1) is 38.6 Å². The fourth-order valence-corrected chi connectivity index (χ4v) is 10.8. The van der Waals surface area contributed by atoms with Crippen molar-refractivity contribution in [2.75, 3.05) is 0 Å². The standard InChI is InChI=1S/C58H35N5O/c1-3-17-36(18-4-1)55-59-56(37-19-5-2-6-20-37)61-57(60-55)38-21-15-22-39(35-38)62-48-30-12-8-24-42(48)52-50(62)34-33-46-54(52)64-51-32-14-10-27-44(51)58(46)43-26-9-13-31-49(43)63-47-29-11-7-23-40(47)41-25-16-28-45(58)53(41)63/h1-35H. The first-order chi connectivity index (χ1) is 31.8. The zero-order valence-corrected chi connectivity index (χ0v) is 34.4. The minimum absolute atomic E-state index is 0.608. The third-order valence-corrected chi connectivity index (χ3v) is 13.4. The molecule has 0 saturated carbocycles. The highest BCUT2D eigenvalue weighted by atomic mass is 16.5. The highest BCUT2D eigenvalue weighted by Gasteiger charge is 2.50. The van der Waals surface area contributed by atoms with Crippen LogP contribution in [0.3, 0.4) is 0 Å². The van der Waals surface area contributed by atoms with Gasteiger partial charge in [-0.3, -0.25) is 0 Å². The predicted octanol–water partition coefficient (Wildman–Crippen LogP) is 13.9. The van der Waals surface area contributed by atoms with E-state index in [0.29, 0.717) is 17.5 Å². The quantitative estimate of drug-likeness (QED) is 0.177. The fraction of sp³-hybridized carbons (Fsp3) is 0.0172. The molecule has 6 heteroatoms. The number of fused-ring (bicyclic) bond motifs is 15. The van der Waals surface area contributed by atoms with E-state index in [1.807, 2.05) is 60.7 Å². The van der Waals surface area contributed by atoms with Crippen molar-refractivity contribution < 1.29 is 4.74 Å². The molecule has 0 N–H and O–H groups in total. The van der Waals surface area contributed by atoms with Crippen LogP contribution < -0.4 is 4.74 Å². The zero-order valence-electron chi connectivity index (χ0n) is 34.4. The second kappa shape index (κ2) is 13.2. The summed E-state index contributed by atoms with van der Waals surface area (Å²) in [5.74, 6) is 3.60. The molecule has 1 atom stereocenters. The van der Waals surface area contributed by atoms with E-state index in [-0.39, 0.29) is 0 Å². The first-order valence-electron chi connectivity index (χ1n) is 21.7. The van der Waals surface area contributed by atoms with Gasteiger partial charge in [-0.25, -0.2) is 15.0 Å². The van der Waals surface area contributed by atoms with E-state index in [2.05, 4.69) is 161 Å². The normalized spacial score (nSPS) is 14.8. The number of hydrogen-bond acceptors (Lipinski definition) is 4. The molecule has 0 saturated heterocycles. The third kappa shape index (κ3) is 4.71. The maximum Gasteiger partial charge on any atom is 0.164 e. The van der Waals surface area contributed by atoms with Gasteiger partial charge in [-0.05, 0) is 53.6 Å². The molecule has 6 nitrogen and oxygen atoms in total. The largest absolute Gasteiger partial charge is 0.456 e. The molecule has 14 rings (SSSR count). The van der Waals surface area contributed by atoms with Crippen molar-refractivity contribution in [1.29, 1.82) is 0 Å². The van der Waals surface area contributed by atoms with Gasteiger partial charge in [0.1, 0.15) is 11.5 Å². The van der Waals surface area contributed by atoms with E-state index < -0.39 is 5.41 Å². The van der Waals surface area contributed by atoms with Crippen molar-refractivity contribution >= 4 is 43.6 Å². The molecule has 9 aromatic carbocycles. The Morgan fingerprint density at radius 2 is 0.938 bits per heavy atom. The lowest BCUT2D eigenvalue weighted by molar-refractivity contribution is 0.439. The minimum Gasteiger partial charge on any atom is -0.456 e. The lowest BCUT2D eigenvalue weighted by Gasteiger charge is -2.45. The fourth-order valence-electron chi connectivity index (χ4n) is 10.8. The molecule has 3 aromatic heterocycles. The summed E-state index contributed by atoms with van der Waals surface area (Å²) in [4.78, 5) is 15.1. The number of para-hydroxylation sites is 5. The maximum atomic E-state index is 7.29. The third-order valence-electron chi connectivity index (χ3n) is 13.4. The van der Waals surface area contributed by atoms with Gasteiger partial charge < -0.3 is 13.9 Å². The van der Waals surface area contributed by atoms with Crippen molar-refractivity contribution in [3.05, 3.63) is 235 Å². The van der Waals surface area contributed by atoms with Gasteiger partial charge in [-0.2, -0.15) is 0 Å². The number of nitrogens with zero attached hydrogens (tertiary/aromatic N) is 5. The number of hydrogen-bond donors (Lipinski definition) is 0. The van der Waals surface area contributed by atoms with Gasteiger partial charge in [0, 0.05) is 49.7 Å². The molecule has 1 spiro atoms. The summed E-state index contributed by atoms with van der Waals surface area (Å²) in [5.41, 5.74) is 13.6. The molecule has 0 aliphatic carbocycles. The summed E-state index contributed by atoms with van der Waals surface area (Å²) in [6.07, 6.45) is 0. The summed E-state index contributed by atoms with van der Waals surface area (Å²) in [6, 6.07) is 75.3. The lowest BCUT2D eigenvalue weighted by atomic mass is 9.61. The monoisotopic (exact) mass is 817 g/mol. The predicted molar refractivity (Wildman–Crippen MR) is 257 cm³/mol. The van der Waals surface area contributed by atoms with Gasteiger partial charge in [-0.1, -0.05) is 170 Å². The van der Waals surface area contributed by atoms with Crippen molar-refractivity contribution in [2.24, 2.45) is 0 Å². The van der Waals surface area contributed by atoms with Gasteiger partial charge >= 0.3 is 0 Å². The number of aromatic nitrogens is 5. The second-order valence-electron chi connectivity index (χ2n) is 16.7. The highest BCUT2D eigenvalue weighted by Crippen LogP contribution is 2.62. The Bertz CT molecular complexity index is 3830. The van der Waals surface area contributed by atoms with Crippen LogP contribution in [0, 0.1) is 0 Å². The smallest absolute Gasteiger partial charge is 0.164 e. The number of benzene rings is 9. The van der Waals surface area contributed by atoms with Crippen LogP contribution in [0.1, 0.15) is 22.3 Å². The zero-order chi connectivity index (χ0) is 41.9. The Morgan fingerprint density at radius 3 is 1.70 bits per heavy atom. The Labute approximate surface area is 368 Å². The van der Waals surface area contributed by atoms with Crippen molar-refractivity contribution in [3.63, 3.8) is 0 Å². The molecule has 0 radical (unpaired) electrons. The Hall–Kier alpha value is -8.61. The van der Waals surface area contributed by atoms with Gasteiger partial charge in [0.15, 0.2) is 17.5 Å². The van der Waals surface area contributed by atoms with Gasteiger partial charge in [-0.15, -0.1) is 0 Å². The molecule has 64 heavy (non-hydrogen) atoms. The molecular weight excluding hydrogens is 783 g/mol. The van der Waals surface area contributed by atoms with E-state index >= 15 is 0 Å². The van der Waals surface area contributed by atoms with E-state index in [1.165, 1.54) is 38.6 Å². The van der Waals surface area contributed by atoms with Crippen molar-refractivity contribution in [3.8, 4) is 57.0 Å². The first-order valence-corrected chi connectivity index (χ1v) is 21.7. The average Bonchev–Trinajstić information content (AvgIpc) is 3.90. The van der Waals surface area contributed by atoms with Crippen LogP contribution in [-0.4, -0.2) is 24.1 Å². The van der Waals surface area contributed by atoms with E-state index in [9.17, 15) is 0 Å². The Kier molecular flexibility index (Phi) is 7.22. The van der Waals surface area contributed by atoms with Crippen LogP contribution >= 0.6 is 0 Å². The van der Waals surface area contributed by atoms with E-state index in [1.54, 1.807) is 0 Å². The lowest BCUT2D eigenvalue weighted by Crippen LogP contribution is -2.37. The topological polar surface area (TPSA) is 57.8 Å². The van der Waals surface area contributed by atoms with Crippen molar-refractivity contribution in [2.45, 2.75) is 5.41 Å². The van der Waals surface area contributed by atoms with Gasteiger partial charge in [0.25, 0.3) is 0 Å². The van der Waals surface area contributed by atoms with Crippen molar-refractivity contribution in [1.82, 2.24) is 24.1 Å². The first kappa shape index (κ1) is 35.0. The maximum absolute atomic E-state index is 7.29. The SMILES string of the molecule is c1ccc(-c2nc(-c3ccccc3)nc(-c3cccc(-n4c5ccccc5c5c6c(ccc54)C4(c5ccccc5O6)c5ccccc5-n5c6ccccc6c6cccc4c65)c3)n2)cc1. The molecule has 1 unspecified atom stereocenters. The summed E-state index contributed by atoms with van der Waals surface area (Å²) in [6.45, 7) is 0. The number of ether oxygens (including phenoxy) is 1. The molecule has 0 fully saturated rings. The number of rotatable bonds is 4. The molecule has 0 bridgehead atoms. The van der Waals surface area contributed by atoms with Crippen LogP contribution in [0.4, 0.5) is 0 Å². The second-order valence-corrected chi connectivity index (χ2v) is 16.7. The van der Waals surface area contributed by atoms with E-state index in [4.69, 9.17) is 19.7 Å². The average molecular weight is 818 g/mol. The van der Waals surface area contributed by atoms with Crippen LogP contribution in [0.2, 0.25) is 0 Å². The summed E-state index contributed by atoms with van der Waals surface area (Å²) in [5, 5.41) is 4.68. The summed E-state index contributed by atoms with van der Waals surface area (Å²) < 4.78 is 12.1. The molecule has 2 aliphatic heterocycles. The molecule has 5 heterocycles. The summed E-state index contributed by atoms with van der Waals surface area (Å²) in [7, 11) is 0. The van der Waals surface area contributed by atoms with Crippen LogP contribution in [0.15, 0.2) is 212 Å². The van der Waals surface area contributed by atoms with Crippen LogP contribution in [-0.2, 0) is 5.41 Å².